The number of carbonyl (C=O) groups excluding carboxylic acids is 1. The molecule has 1 amide bonds. The van der Waals surface area contributed by atoms with Crippen LogP contribution in [0.5, 0.6) is 0 Å². The molecule has 2 aromatic rings. The number of nitrogens with zero attached hydrogens (tertiary/aromatic N) is 3. The maximum absolute atomic E-state index is 12.3. The number of amides is 1. The fraction of sp³-hybridized carbons (Fsp3) is 0.500. The summed E-state index contributed by atoms with van der Waals surface area (Å²) in [7, 11) is 0. The highest BCUT2D eigenvalue weighted by atomic mass is 16.1. The molecule has 0 aliphatic carbocycles. The van der Waals surface area contributed by atoms with Crippen LogP contribution in [0.15, 0.2) is 24.3 Å². The van der Waals surface area contributed by atoms with Crippen molar-refractivity contribution >= 4 is 11.6 Å². The lowest BCUT2D eigenvalue weighted by molar-refractivity contribution is -0.121. The molecular formula is C20H28N4O. The molecular weight excluding hydrogens is 312 g/mol. The highest BCUT2D eigenvalue weighted by molar-refractivity contribution is 5.76. The van der Waals surface area contributed by atoms with Crippen LogP contribution in [0.4, 0.5) is 5.69 Å². The third-order valence-corrected chi connectivity index (χ3v) is 5.27. The zero-order chi connectivity index (χ0) is 18.0. The van der Waals surface area contributed by atoms with Crippen LogP contribution in [0.25, 0.3) is 0 Å². The summed E-state index contributed by atoms with van der Waals surface area (Å²) in [5, 5.41) is 7.62. The van der Waals surface area contributed by atoms with E-state index in [0.29, 0.717) is 13.0 Å². The number of anilines is 1. The van der Waals surface area contributed by atoms with Gasteiger partial charge in [0.25, 0.3) is 0 Å². The Balaban J connectivity index is 1.48. The predicted molar refractivity (Wildman–Crippen MR) is 101 cm³/mol. The second-order valence-corrected chi connectivity index (χ2v) is 7.01. The van der Waals surface area contributed by atoms with Crippen LogP contribution >= 0.6 is 0 Å². The molecule has 0 bridgehead atoms. The number of rotatable bonds is 6. The number of nitrogens with one attached hydrogen (secondary N) is 1. The molecule has 1 aliphatic rings. The van der Waals surface area contributed by atoms with E-state index in [1.54, 1.807) is 0 Å². The highest BCUT2D eigenvalue weighted by Gasteiger charge is 2.19. The Morgan fingerprint density at radius 3 is 2.76 bits per heavy atom. The lowest BCUT2D eigenvalue weighted by atomic mass is 10.2. The van der Waals surface area contributed by atoms with Crippen molar-refractivity contribution in [1.29, 1.82) is 0 Å². The summed E-state index contributed by atoms with van der Waals surface area (Å²) in [6.07, 6.45) is 1.55. The minimum absolute atomic E-state index is 0.0694. The van der Waals surface area contributed by atoms with Gasteiger partial charge in [-0.05, 0) is 51.3 Å². The van der Waals surface area contributed by atoms with Crippen molar-refractivity contribution in [2.24, 2.45) is 0 Å². The second-order valence-electron chi connectivity index (χ2n) is 7.01. The molecule has 0 radical (unpaired) electrons. The van der Waals surface area contributed by atoms with Crippen molar-refractivity contribution in [2.75, 3.05) is 24.5 Å². The van der Waals surface area contributed by atoms with Crippen molar-refractivity contribution < 1.29 is 4.79 Å². The number of para-hydroxylation sites is 1. The SMILES string of the molecule is Cc1nn([C@@H](C)CC(=O)NCCN2CCc3ccccc32)c(C)c1C. The average molecular weight is 340 g/mol. The normalized spacial score (nSPS) is 14.5. The summed E-state index contributed by atoms with van der Waals surface area (Å²) >= 11 is 0. The molecule has 0 unspecified atom stereocenters. The second kappa shape index (κ2) is 7.30. The van der Waals surface area contributed by atoms with E-state index in [9.17, 15) is 4.79 Å². The van der Waals surface area contributed by atoms with Gasteiger partial charge in [0, 0.05) is 37.4 Å². The fourth-order valence-corrected chi connectivity index (χ4v) is 3.57. The molecule has 3 rings (SSSR count). The number of carbonyl (C=O) groups is 1. The maximum Gasteiger partial charge on any atom is 0.222 e. The van der Waals surface area contributed by atoms with Crippen LogP contribution < -0.4 is 10.2 Å². The number of hydrogen-bond donors (Lipinski definition) is 1. The molecule has 1 aromatic carbocycles. The van der Waals surface area contributed by atoms with Crippen molar-refractivity contribution in [3.63, 3.8) is 0 Å². The van der Waals surface area contributed by atoms with Gasteiger partial charge >= 0.3 is 0 Å². The van der Waals surface area contributed by atoms with Gasteiger partial charge in [0.15, 0.2) is 0 Å². The Kier molecular flexibility index (Phi) is 5.11. The smallest absolute Gasteiger partial charge is 0.222 e. The van der Waals surface area contributed by atoms with E-state index >= 15 is 0 Å². The molecule has 5 nitrogen and oxygen atoms in total. The number of benzene rings is 1. The van der Waals surface area contributed by atoms with Crippen LogP contribution in [-0.2, 0) is 11.2 Å². The maximum atomic E-state index is 12.3. The molecule has 0 spiro atoms. The molecule has 5 heteroatoms. The minimum atomic E-state index is 0.0694. The lowest BCUT2D eigenvalue weighted by Gasteiger charge is -2.20. The molecule has 2 heterocycles. The summed E-state index contributed by atoms with van der Waals surface area (Å²) in [5.41, 5.74) is 6.11. The summed E-state index contributed by atoms with van der Waals surface area (Å²) in [5.74, 6) is 0.0881. The van der Waals surface area contributed by atoms with Gasteiger partial charge < -0.3 is 10.2 Å². The molecule has 1 N–H and O–H groups in total. The quantitative estimate of drug-likeness (QED) is 0.880. The van der Waals surface area contributed by atoms with Gasteiger partial charge in [-0.3, -0.25) is 9.48 Å². The van der Waals surface area contributed by atoms with E-state index in [1.807, 2.05) is 11.6 Å². The van der Waals surface area contributed by atoms with Gasteiger partial charge in [-0.15, -0.1) is 0 Å². The molecule has 25 heavy (non-hydrogen) atoms. The van der Waals surface area contributed by atoms with Crippen LogP contribution in [0.2, 0.25) is 0 Å². The summed E-state index contributed by atoms with van der Waals surface area (Å²) < 4.78 is 1.97. The summed E-state index contributed by atoms with van der Waals surface area (Å²) in [4.78, 5) is 14.6. The first-order chi connectivity index (χ1) is 12.0. The van der Waals surface area contributed by atoms with Crippen LogP contribution in [0.3, 0.4) is 0 Å². The number of fused-ring (bicyclic) bond motifs is 1. The zero-order valence-corrected chi connectivity index (χ0v) is 15.7. The largest absolute Gasteiger partial charge is 0.369 e. The van der Waals surface area contributed by atoms with E-state index in [-0.39, 0.29) is 11.9 Å². The summed E-state index contributed by atoms with van der Waals surface area (Å²) in [6, 6.07) is 8.59. The number of hydrogen-bond acceptors (Lipinski definition) is 3. The van der Waals surface area contributed by atoms with E-state index in [4.69, 9.17) is 0 Å². The fourth-order valence-electron chi connectivity index (χ4n) is 3.57. The average Bonchev–Trinajstić information content (AvgIpc) is 3.11. The first-order valence-electron chi connectivity index (χ1n) is 9.09. The standard InChI is InChI=1S/C20H28N4O/c1-14(24-17(4)15(2)16(3)22-24)13-20(25)21-10-12-23-11-9-18-7-5-6-8-19(18)23/h5-8,14H,9-13H2,1-4H3,(H,21,25)/t14-/m0/s1. The van der Waals surface area contributed by atoms with Gasteiger partial charge in [-0.2, -0.15) is 5.10 Å². The first-order valence-corrected chi connectivity index (χ1v) is 9.09. The lowest BCUT2D eigenvalue weighted by Crippen LogP contribution is -2.35. The molecule has 134 valence electrons. The van der Waals surface area contributed by atoms with E-state index in [2.05, 4.69) is 60.4 Å². The number of aromatic nitrogens is 2. The third-order valence-electron chi connectivity index (χ3n) is 5.27. The molecule has 1 aliphatic heterocycles. The third kappa shape index (κ3) is 3.70. The predicted octanol–water partition coefficient (Wildman–Crippen LogP) is 2.94. The van der Waals surface area contributed by atoms with Crippen molar-refractivity contribution in [3.05, 3.63) is 46.8 Å². The molecule has 0 fully saturated rings. The van der Waals surface area contributed by atoms with Crippen molar-refractivity contribution in [2.45, 2.75) is 46.6 Å². The van der Waals surface area contributed by atoms with Gasteiger partial charge in [-0.1, -0.05) is 18.2 Å². The van der Waals surface area contributed by atoms with Crippen molar-refractivity contribution in [1.82, 2.24) is 15.1 Å². The van der Waals surface area contributed by atoms with Gasteiger partial charge in [0.2, 0.25) is 5.91 Å². The Morgan fingerprint density at radius 2 is 2.04 bits per heavy atom. The van der Waals surface area contributed by atoms with Gasteiger partial charge in [0.05, 0.1) is 11.7 Å². The van der Waals surface area contributed by atoms with Crippen LogP contribution in [-0.4, -0.2) is 35.3 Å². The van der Waals surface area contributed by atoms with Crippen LogP contribution in [0.1, 0.15) is 41.9 Å². The van der Waals surface area contributed by atoms with Crippen molar-refractivity contribution in [3.8, 4) is 0 Å². The van der Waals surface area contributed by atoms with Gasteiger partial charge in [0.1, 0.15) is 0 Å². The van der Waals surface area contributed by atoms with E-state index in [0.717, 1.165) is 30.9 Å². The van der Waals surface area contributed by atoms with E-state index in [1.165, 1.54) is 16.8 Å². The molecule has 0 saturated carbocycles. The first kappa shape index (κ1) is 17.5. The zero-order valence-electron chi connectivity index (χ0n) is 15.7. The topological polar surface area (TPSA) is 50.2 Å². The molecule has 0 saturated heterocycles. The Hall–Kier alpha value is -2.30. The monoisotopic (exact) mass is 340 g/mol. The Morgan fingerprint density at radius 1 is 1.28 bits per heavy atom. The number of aryl methyl sites for hydroxylation is 1. The van der Waals surface area contributed by atoms with Gasteiger partial charge in [-0.25, -0.2) is 0 Å². The Bertz CT molecular complexity index is 765. The summed E-state index contributed by atoms with van der Waals surface area (Å²) in [6.45, 7) is 10.8. The highest BCUT2D eigenvalue weighted by Crippen LogP contribution is 2.26. The van der Waals surface area contributed by atoms with Crippen LogP contribution in [0, 0.1) is 20.8 Å². The van der Waals surface area contributed by atoms with E-state index < -0.39 is 0 Å². The Labute approximate surface area is 150 Å². The molecule has 1 atom stereocenters. The molecule has 1 aromatic heterocycles. The minimum Gasteiger partial charge on any atom is -0.369 e.